The minimum atomic E-state index is -0.124. The molecule has 0 spiro atoms. The molecule has 0 bridgehead atoms. The van der Waals surface area contributed by atoms with Crippen LogP contribution in [0.25, 0.3) is 10.4 Å². The Morgan fingerprint density at radius 2 is 2.40 bits per heavy atom. The number of para-hydroxylation sites is 1. The van der Waals surface area contributed by atoms with E-state index in [-0.39, 0.29) is 12.5 Å². The first-order valence-corrected chi connectivity index (χ1v) is 4.31. The van der Waals surface area contributed by atoms with Gasteiger partial charge in [-0.2, -0.15) is 0 Å². The van der Waals surface area contributed by atoms with Gasteiger partial charge in [0, 0.05) is 12.0 Å². The van der Waals surface area contributed by atoms with Gasteiger partial charge < -0.3 is 9.64 Å². The lowest BCUT2D eigenvalue weighted by atomic mass is 10.2. The van der Waals surface area contributed by atoms with Crippen molar-refractivity contribution in [3.05, 3.63) is 28.6 Å². The zero-order chi connectivity index (χ0) is 10.8. The summed E-state index contributed by atoms with van der Waals surface area (Å²) in [7, 11) is 1.66. The molecule has 6 nitrogen and oxygen atoms in total. The molecule has 1 aromatic rings. The first-order valence-electron chi connectivity index (χ1n) is 4.31. The van der Waals surface area contributed by atoms with Crippen molar-refractivity contribution in [3.63, 3.8) is 0 Å². The predicted octanol–water partition coefficient (Wildman–Crippen LogP) is 1.98. The lowest BCUT2D eigenvalue weighted by Crippen LogP contribution is -2.35. The van der Waals surface area contributed by atoms with E-state index in [4.69, 9.17) is 10.3 Å². The molecule has 0 aliphatic carbocycles. The molecule has 1 heterocycles. The minimum absolute atomic E-state index is 0.0263. The summed E-state index contributed by atoms with van der Waals surface area (Å²) in [5.74, 6) is 0.331. The highest BCUT2D eigenvalue weighted by atomic mass is 16.5. The third-order valence-electron chi connectivity index (χ3n) is 2.20. The van der Waals surface area contributed by atoms with Crippen molar-refractivity contribution >= 4 is 17.3 Å². The van der Waals surface area contributed by atoms with Crippen LogP contribution in [0.3, 0.4) is 0 Å². The highest BCUT2D eigenvalue weighted by molar-refractivity contribution is 5.98. The van der Waals surface area contributed by atoms with Crippen LogP contribution in [0, 0.1) is 0 Å². The summed E-state index contributed by atoms with van der Waals surface area (Å²) < 4.78 is 5.23. The van der Waals surface area contributed by atoms with E-state index < -0.39 is 0 Å². The van der Waals surface area contributed by atoms with Crippen LogP contribution in [0.2, 0.25) is 0 Å². The third kappa shape index (κ3) is 1.47. The second-order valence-electron chi connectivity index (χ2n) is 3.06. The lowest BCUT2D eigenvalue weighted by Gasteiger charge is -2.26. The zero-order valence-corrected chi connectivity index (χ0v) is 8.04. The molecule has 6 heteroatoms. The van der Waals surface area contributed by atoms with E-state index in [9.17, 15) is 4.79 Å². The Balaban J connectivity index is 2.57. The molecule has 2 rings (SSSR count). The van der Waals surface area contributed by atoms with E-state index in [1.54, 1.807) is 25.2 Å². The average Bonchev–Trinajstić information content (AvgIpc) is 2.25. The smallest absolute Gasteiger partial charge is 0.264 e. The van der Waals surface area contributed by atoms with Crippen LogP contribution >= 0.6 is 0 Å². The standard InChI is InChI=1S/C9H8N4O2/c1-13-7-4-2-3-6(11-12-10)9(7)15-5-8(13)14/h2-4H,5H2,1H3. The Bertz CT molecular complexity index is 465. The average molecular weight is 204 g/mol. The Labute approximate surface area is 85.7 Å². The molecule has 1 aliphatic heterocycles. The number of hydrogen-bond acceptors (Lipinski definition) is 3. The van der Waals surface area contributed by atoms with Crippen molar-refractivity contribution in [1.29, 1.82) is 0 Å². The number of hydrogen-bond donors (Lipinski definition) is 0. The summed E-state index contributed by atoms with van der Waals surface area (Å²) in [5.41, 5.74) is 9.38. The number of nitrogens with zero attached hydrogens (tertiary/aromatic N) is 4. The van der Waals surface area contributed by atoms with E-state index in [0.717, 1.165) is 0 Å². The van der Waals surface area contributed by atoms with Gasteiger partial charge in [0.1, 0.15) is 0 Å². The maximum Gasteiger partial charge on any atom is 0.264 e. The van der Waals surface area contributed by atoms with E-state index in [0.29, 0.717) is 17.1 Å². The number of carbonyl (C=O) groups excluding carboxylic acids is 1. The van der Waals surface area contributed by atoms with E-state index in [1.807, 2.05) is 0 Å². The Morgan fingerprint density at radius 3 is 3.13 bits per heavy atom. The highest BCUT2D eigenvalue weighted by Crippen LogP contribution is 2.39. The lowest BCUT2D eigenvalue weighted by molar-refractivity contribution is -0.120. The van der Waals surface area contributed by atoms with E-state index in [2.05, 4.69) is 10.0 Å². The molecule has 0 fully saturated rings. The highest BCUT2D eigenvalue weighted by Gasteiger charge is 2.23. The largest absolute Gasteiger partial charge is 0.481 e. The summed E-state index contributed by atoms with van der Waals surface area (Å²) in [5, 5.41) is 3.50. The van der Waals surface area contributed by atoms with Crippen LogP contribution in [0.4, 0.5) is 11.4 Å². The number of fused-ring (bicyclic) bond motifs is 1. The molecule has 1 aromatic carbocycles. The van der Waals surface area contributed by atoms with Gasteiger partial charge in [0.2, 0.25) is 0 Å². The normalized spacial score (nSPS) is 13.9. The molecule has 15 heavy (non-hydrogen) atoms. The van der Waals surface area contributed by atoms with Gasteiger partial charge >= 0.3 is 0 Å². The number of carbonyl (C=O) groups is 1. The van der Waals surface area contributed by atoms with Gasteiger partial charge in [-0.3, -0.25) is 4.79 Å². The van der Waals surface area contributed by atoms with Gasteiger partial charge in [-0.1, -0.05) is 11.2 Å². The topological polar surface area (TPSA) is 78.3 Å². The monoisotopic (exact) mass is 204 g/mol. The molecule has 0 aromatic heterocycles. The number of rotatable bonds is 1. The molecular formula is C9H8N4O2. The molecule has 0 atom stereocenters. The number of anilines is 1. The molecule has 1 amide bonds. The quantitative estimate of drug-likeness (QED) is 0.398. The Kier molecular flexibility index (Phi) is 2.19. The van der Waals surface area contributed by atoms with Gasteiger partial charge in [0.05, 0.1) is 11.4 Å². The van der Waals surface area contributed by atoms with Crippen LogP contribution in [0.15, 0.2) is 23.3 Å². The van der Waals surface area contributed by atoms with Gasteiger partial charge in [0.25, 0.3) is 5.91 Å². The van der Waals surface area contributed by atoms with Crippen molar-refractivity contribution < 1.29 is 9.53 Å². The molecule has 0 N–H and O–H groups in total. The van der Waals surface area contributed by atoms with Crippen molar-refractivity contribution in [2.24, 2.45) is 5.11 Å². The predicted molar refractivity (Wildman–Crippen MR) is 54.2 cm³/mol. The maximum absolute atomic E-state index is 11.3. The van der Waals surface area contributed by atoms with Gasteiger partial charge in [-0.15, -0.1) is 0 Å². The second-order valence-corrected chi connectivity index (χ2v) is 3.06. The molecule has 1 aliphatic rings. The van der Waals surface area contributed by atoms with E-state index >= 15 is 0 Å². The molecule has 0 unspecified atom stereocenters. The van der Waals surface area contributed by atoms with Crippen molar-refractivity contribution in [1.82, 2.24) is 0 Å². The van der Waals surface area contributed by atoms with Crippen LogP contribution in [0.5, 0.6) is 5.75 Å². The summed E-state index contributed by atoms with van der Waals surface area (Å²) in [4.78, 5) is 15.5. The van der Waals surface area contributed by atoms with Gasteiger partial charge in [-0.25, -0.2) is 0 Å². The number of azide groups is 1. The molecule has 0 saturated heterocycles. The molecule has 76 valence electrons. The fraction of sp³-hybridized carbons (Fsp3) is 0.222. The second kappa shape index (κ2) is 3.51. The SMILES string of the molecule is CN1C(=O)COc2c(N=[N+]=[N-])cccc21. The van der Waals surface area contributed by atoms with Crippen molar-refractivity contribution in [2.75, 3.05) is 18.6 Å². The molecular weight excluding hydrogens is 196 g/mol. The molecule has 0 radical (unpaired) electrons. The fourth-order valence-corrected chi connectivity index (χ4v) is 1.42. The maximum atomic E-state index is 11.3. The zero-order valence-electron chi connectivity index (χ0n) is 8.04. The summed E-state index contributed by atoms with van der Waals surface area (Å²) in [6, 6.07) is 5.09. The summed E-state index contributed by atoms with van der Waals surface area (Å²) in [6.07, 6.45) is 0. The number of benzene rings is 1. The van der Waals surface area contributed by atoms with Crippen LogP contribution in [0.1, 0.15) is 0 Å². The Morgan fingerprint density at radius 1 is 1.60 bits per heavy atom. The number of likely N-dealkylation sites (N-methyl/N-ethyl adjacent to an activating group) is 1. The van der Waals surface area contributed by atoms with Gasteiger partial charge in [-0.05, 0) is 17.7 Å². The molecule has 0 saturated carbocycles. The first kappa shape index (κ1) is 9.36. The van der Waals surface area contributed by atoms with E-state index in [1.165, 1.54) is 4.90 Å². The van der Waals surface area contributed by atoms with Gasteiger partial charge in [0.15, 0.2) is 12.4 Å². The summed E-state index contributed by atoms with van der Waals surface area (Å²) in [6.45, 7) is -0.0263. The number of amides is 1. The first-order chi connectivity index (χ1) is 7.24. The van der Waals surface area contributed by atoms with Crippen molar-refractivity contribution in [3.8, 4) is 5.75 Å². The minimum Gasteiger partial charge on any atom is -0.481 e. The Hall–Kier alpha value is -2.20. The van der Waals surface area contributed by atoms with Crippen LogP contribution in [-0.4, -0.2) is 19.6 Å². The van der Waals surface area contributed by atoms with Crippen LogP contribution in [-0.2, 0) is 4.79 Å². The van der Waals surface area contributed by atoms with Crippen molar-refractivity contribution in [2.45, 2.75) is 0 Å². The third-order valence-corrected chi connectivity index (χ3v) is 2.20. The fourth-order valence-electron chi connectivity index (χ4n) is 1.42. The number of ether oxygens (including phenoxy) is 1. The summed E-state index contributed by atoms with van der Waals surface area (Å²) >= 11 is 0. The van der Waals surface area contributed by atoms with Crippen LogP contribution < -0.4 is 9.64 Å².